The molecule has 5 heteroatoms. The fourth-order valence-corrected chi connectivity index (χ4v) is 2.14. The van der Waals surface area contributed by atoms with Gasteiger partial charge in [0.15, 0.2) is 12.4 Å². The van der Waals surface area contributed by atoms with Crippen LogP contribution in [0, 0.1) is 11.3 Å². The molecular formula is C16H18N2O3. The van der Waals surface area contributed by atoms with Gasteiger partial charge in [-0.2, -0.15) is 5.26 Å². The molecule has 1 aromatic heterocycles. The zero-order chi connectivity index (χ0) is 15.2. The molecule has 5 nitrogen and oxygen atoms in total. The first-order valence-electron chi connectivity index (χ1n) is 7.03. The Morgan fingerprint density at radius 1 is 1.38 bits per heavy atom. The number of ether oxygens (including phenoxy) is 1. The van der Waals surface area contributed by atoms with Crippen LogP contribution in [0.5, 0.6) is 5.75 Å². The molecule has 0 spiro atoms. The van der Waals surface area contributed by atoms with Crippen molar-refractivity contribution in [3.8, 4) is 11.8 Å². The van der Waals surface area contributed by atoms with Gasteiger partial charge in [-0.05, 0) is 25.0 Å². The molecular weight excluding hydrogens is 268 g/mol. The molecule has 0 radical (unpaired) electrons. The van der Waals surface area contributed by atoms with Crippen LogP contribution in [0.15, 0.2) is 28.7 Å². The molecule has 21 heavy (non-hydrogen) atoms. The standard InChI is InChI=1S/C16H18N2O3/c1-3-11(4-2)18-15(19)10-20-16-12-7-5-6-8-13(12)21-14(16)9-17/h5-8,11H,3-4,10H2,1-2H3,(H,18,19). The largest absolute Gasteiger partial charge is 0.478 e. The predicted molar refractivity (Wildman–Crippen MR) is 78.9 cm³/mol. The van der Waals surface area contributed by atoms with Gasteiger partial charge >= 0.3 is 0 Å². The summed E-state index contributed by atoms with van der Waals surface area (Å²) < 4.78 is 10.9. The Hall–Kier alpha value is -2.48. The number of nitrogens with one attached hydrogen (secondary N) is 1. The molecule has 0 unspecified atom stereocenters. The molecule has 0 atom stereocenters. The number of rotatable bonds is 6. The summed E-state index contributed by atoms with van der Waals surface area (Å²) in [5.74, 6) is 0.220. The number of hydrogen-bond donors (Lipinski definition) is 1. The number of furan rings is 1. The van der Waals surface area contributed by atoms with E-state index in [4.69, 9.17) is 14.4 Å². The Bertz CT molecular complexity index is 666. The van der Waals surface area contributed by atoms with Crippen LogP contribution in [-0.2, 0) is 4.79 Å². The molecule has 0 saturated carbocycles. The van der Waals surface area contributed by atoms with Crippen molar-refractivity contribution in [3.05, 3.63) is 30.0 Å². The maximum Gasteiger partial charge on any atom is 0.258 e. The number of carbonyl (C=O) groups excluding carboxylic acids is 1. The Balaban J connectivity index is 2.10. The third kappa shape index (κ3) is 3.34. The first kappa shape index (κ1) is 14.9. The second-order valence-electron chi connectivity index (χ2n) is 4.74. The number of nitriles is 1. The molecule has 110 valence electrons. The minimum Gasteiger partial charge on any atom is -0.478 e. The van der Waals surface area contributed by atoms with Crippen LogP contribution >= 0.6 is 0 Å². The van der Waals surface area contributed by atoms with Crippen LogP contribution in [-0.4, -0.2) is 18.6 Å². The van der Waals surface area contributed by atoms with Crippen LogP contribution in [0.25, 0.3) is 11.0 Å². The first-order valence-corrected chi connectivity index (χ1v) is 7.03. The third-order valence-corrected chi connectivity index (χ3v) is 3.35. The van der Waals surface area contributed by atoms with E-state index in [-0.39, 0.29) is 24.3 Å². The minimum atomic E-state index is -0.196. The quantitative estimate of drug-likeness (QED) is 0.885. The van der Waals surface area contributed by atoms with Gasteiger partial charge in [0.25, 0.3) is 5.91 Å². The normalized spacial score (nSPS) is 10.6. The summed E-state index contributed by atoms with van der Waals surface area (Å²) in [6.45, 7) is 3.91. The van der Waals surface area contributed by atoms with Crippen molar-refractivity contribution in [2.45, 2.75) is 32.7 Å². The van der Waals surface area contributed by atoms with E-state index >= 15 is 0 Å². The Kier molecular flexibility index (Phi) is 4.83. The van der Waals surface area contributed by atoms with Crippen LogP contribution < -0.4 is 10.1 Å². The molecule has 1 N–H and O–H groups in total. The monoisotopic (exact) mass is 286 g/mol. The molecule has 2 aromatic rings. The zero-order valence-electron chi connectivity index (χ0n) is 12.2. The fourth-order valence-electron chi connectivity index (χ4n) is 2.14. The first-order chi connectivity index (χ1) is 10.2. The molecule has 0 aliphatic rings. The van der Waals surface area contributed by atoms with Crippen LogP contribution in [0.3, 0.4) is 0 Å². The Labute approximate surface area is 123 Å². The molecule has 2 rings (SSSR count). The Morgan fingerprint density at radius 2 is 2.10 bits per heavy atom. The number of nitrogens with zero attached hydrogens (tertiary/aromatic N) is 1. The van der Waals surface area contributed by atoms with Gasteiger partial charge in [0.2, 0.25) is 5.76 Å². The second-order valence-corrected chi connectivity index (χ2v) is 4.74. The summed E-state index contributed by atoms with van der Waals surface area (Å²) in [6.07, 6.45) is 1.75. The summed E-state index contributed by atoms with van der Waals surface area (Å²) in [6, 6.07) is 9.30. The van der Waals surface area contributed by atoms with Gasteiger partial charge in [-0.3, -0.25) is 4.79 Å². The SMILES string of the molecule is CCC(CC)NC(=O)COc1c(C#N)oc2ccccc12. The molecule has 1 aromatic carbocycles. The maximum absolute atomic E-state index is 11.9. The van der Waals surface area contributed by atoms with Gasteiger partial charge in [0.1, 0.15) is 11.7 Å². The third-order valence-electron chi connectivity index (χ3n) is 3.35. The van der Waals surface area contributed by atoms with Crippen molar-refractivity contribution in [1.29, 1.82) is 5.26 Å². The average molecular weight is 286 g/mol. The van der Waals surface area contributed by atoms with Gasteiger partial charge in [0, 0.05) is 6.04 Å². The lowest BCUT2D eigenvalue weighted by molar-refractivity contribution is -0.123. The fraction of sp³-hybridized carbons (Fsp3) is 0.375. The van der Waals surface area contributed by atoms with Crippen molar-refractivity contribution in [2.24, 2.45) is 0 Å². The smallest absolute Gasteiger partial charge is 0.258 e. The summed E-state index contributed by atoms with van der Waals surface area (Å²) in [7, 11) is 0. The predicted octanol–water partition coefficient (Wildman–Crippen LogP) is 2.99. The van der Waals surface area contributed by atoms with E-state index in [9.17, 15) is 4.79 Å². The van der Waals surface area contributed by atoms with Crippen molar-refractivity contribution in [3.63, 3.8) is 0 Å². The molecule has 0 fully saturated rings. The molecule has 0 saturated heterocycles. The van der Waals surface area contributed by atoms with Gasteiger partial charge < -0.3 is 14.5 Å². The molecule has 0 aliphatic carbocycles. The van der Waals surface area contributed by atoms with Crippen molar-refractivity contribution < 1.29 is 13.9 Å². The highest BCUT2D eigenvalue weighted by molar-refractivity contribution is 5.87. The highest BCUT2D eigenvalue weighted by atomic mass is 16.5. The van der Waals surface area contributed by atoms with Gasteiger partial charge in [-0.25, -0.2) is 0 Å². The van der Waals surface area contributed by atoms with Gasteiger partial charge in [-0.15, -0.1) is 0 Å². The van der Waals surface area contributed by atoms with Gasteiger partial charge in [0.05, 0.1) is 5.39 Å². The van der Waals surface area contributed by atoms with E-state index in [1.165, 1.54) is 0 Å². The molecule has 0 bridgehead atoms. The van der Waals surface area contributed by atoms with E-state index in [2.05, 4.69) is 5.32 Å². The van der Waals surface area contributed by atoms with E-state index in [1.807, 2.05) is 32.0 Å². The van der Waals surface area contributed by atoms with Crippen molar-refractivity contribution in [1.82, 2.24) is 5.32 Å². The molecule has 0 aliphatic heterocycles. The highest BCUT2D eigenvalue weighted by Gasteiger charge is 2.17. The average Bonchev–Trinajstić information content (AvgIpc) is 2.88. The maximum atomic E-state index is 11.9. The van der Waals surface area contributed by atoms with Crippen LogP contribution in [0.4, 0.5) is 0 Å². The lowest BCUT2D eigenvalue weighted by Crippen LogP contribution is -2.37. The van der Waals surface area contributed by atoms with E-state index < -0.39 is 0 Å². The number of carbonyl (C=O) groups is 1. The molecule has 1 amide bonds. The van der Waals surface area contributed by atoms with Crippen LogP contribution in [0.2, 0.25) is 0 Å². The molecule has 1 heterocycles. The van der Waals surface area contributed by atoms with E-state index in [1.54, 1.807) is 12.1 Å². The lowest BCUT2D eigenvalue weighted by atomic mass is 10.2. The van der Waals surface area contributed by atoms with Crippen molar-refractivity contribution in [2.75, 3.05) is 6.61 Å². The van der Waals surface area contributed by atoms with E-state index in [0.29, 0.717) is 16.7 Å². The summed E-state index contributed by atoms with van der Waals surface area (Å²) in [4.78, 5) is 11.9. The minimum absolute atomic E-state index is 0.0894. The number of para-hydroxylation sites is 1. The lowest BCUT2D eigenvalue weighted by Gasteiger charge is -2.14. The number of hydrogen-bond acceptors (Lipinski definition) is 4. The number of benzene rings is 1. The highest BCUT2D eigenvalue weighted by Crippen LogP contribution is 2.32. The van der Waals surface area contributed by atoms with E-state index in [0.717, 1.165) is 12.8 Å². The van der Waals surface area contributed by atoms with Crippen molar-refractivity contribution >= 4 is 16.9 Å². The number of amides is 1. The second kappa shape index (κ2) is 6.80. The zero-order valence-corrected chi connectivity index (χ0v) is 12.2. The Morgan fingerprint density at radius 3 is 2.76 bits per heavy atom. The topological polar surface area (TPSA) is 75.3 Å². The van der Waals surface area contributed by atoms with Gasteiger partial charge in [-0.1, -0.05) is 26.0 Å². The number of fused-ring (bicyclic) bond motifs is 1. The summed E-state index contributed by atoms with van der Waals surface area (Å²) in [5.41, 5.74) is 0.574. The summed E-state index contributed by atoms with van der Waals surface area (Å²) in [5, 5.41) is 12.7. The van der Waals surface area contributed by atoms with Crippen LogP contribution in [0.1, 0.15) is 32.4 Å². The summed E-state index contributed by atoms with van der Waals surface area (Å²) >= 11 is 0.